The van der Waals surface area contributed by atoms with Crippen LogP contribution in [0.1, 0.15) is 361 Å². The smallest absolute Gasteiger partial charge is 0.268 e. The molecule has 0 fully saturated rings. The molecule has 3 unspecified atom stereocenters. The van der Waals surface area contributed by atoms with E-state index in [4.69, 9.17) is 9.05 Å². The van der Waals surface area contributed by atoms with Gasteiger partial charge in [-0.05, 0) is 70.6 Å². The summed E-state index contributed by atoms with van der Waals surface area (Å²) in [4.78, 5) is 25.6. The monoisotopic (exact) mass is 1200 g/mol. The minimum Gasteiger partial charge on any atom is -0.756 e. The van der Waals surface area contributed by atoms with E-state index in [1.165, 1.54) is 289 Å². The zero-order valence-corrected chi connectivity index (χ0v) is 57.5. The fourth-order valence-corrected chi connectivity index (χ4v) is 11.7. The van der Waals surface area contributed by atoms with Gasteiger partial charge in [-0.1, -0.05) is 344 Å². The normalized spacial score (nSPS) is 13.9. The van der Waals surface area contributed by atoms with Gasteiger partial charge in [-0.3, -0.25) is 9.36 Å². The fourth-order valence-electron chi connectivity index (χ4n) is 11.0. The highest BCUT2D eigenvalue weighted by atomic mass is 31.2. The molecule has 2 N–H and O–H groups in total. The average molecular weight is 1200 g/mol. The molecular weight excluding hydrogens is 1060 g/mol. The molecule has 0 aromatic rings. The van der Waals surface area contributed by atoms with E-state index >= 15 is 0 Å². The molecule has 0 aliphatic rings. The first-order valence-electron chi connectivity index (χ1n) is 36.7. The summed E-state index contributed by atoms with van der Waals surface area (Å²) in [6.45, 7) is 4.67. The lowest BCUT2D eigenvalue weighted by Crippen LogP contribution is -2.45. The van der Waals surface area contributed by atoms with Crippen molar-refractivity contribution in [1.29, 1.82) is 0 Å². The molecule has 8 nitrogen and oxygen atoms in total. The van der Waals surface area contributed by atoms with Crippen LogP contribution in [-0.4, -0.2) is 68.5 Å². The van der Waals surface area contributed by atoms with E-state index in [2.05, 4.69) is 67.8 Å². The predicted octanol–water partition coefficient (Wildman–Crippen LogP) is 22.9. The van der Waals surface area contributed by atoms with Gasteiger partial charge in [-0.25, -0.2) is 0 Å². The van der Waals surface area contributed by atoms with Crippen molar-refractivity contribution in [2.45, 2.75) is 373 Å². The quantitative estimate of drug-likeness (QED) is 0.0272. The number of unbranched alkanes of at least 4 members (excludes halogenated alkanes) is 47. The molecule has 0 bridgehead atoms. The van der Waals surface area contributed by atoms with Gasteiger partial charge in [0.05, 0.1) is 39.9 Å². The van der Waals surface area contributed by atoms with Crippen molar-refractivity contribution < 1.29 is 32.9 Å². The van der Waals surface area contributed by atoms with Crippen molar-refractivity contribution in [1.82, 2.24) is 5.32 Å². The number of quaternary nitrogens is 1. The van der Waals surface area contributed by atoms with Crippen LogP contribution >= 0.6 is 7.82 Å². The first-order valence-corrected chi connectivity index (χ1v) is 38.1. The summed E-state index contributed by atoms with van der Waals surface area (Å²) in [5, 5.41) is 14.0. The number of aliphatic hydroxyl groups excluding tert-OH is 1. The minimum atomic E-state index is -4.61. The number of carbonyl (C=O) groups excluding carboxylic acids is 1. The number of rotatable bonds is 68. The Bertz CT molecular complexity index is 1550. The molecular formula is C75H143N2O6P. The fraction of sp³-hybridized carbons (Fsp3) is 0.853. The van der Waals surface area contributed by atoms with Crippen molar-refractivity contribution in [3.63, 3.8) is 0 Å². The number of allylic oxidation sites excluding steroid dienone is 9. The van der Waals surface area contributed by atoms with Gasteiger partial charge in [-0.2, -0.15) is 0 Å². The van der Waals surface area contributed by atoms with Crippen LogP contribution in [0.25, 0.3) is 0 Å². The van der Waals surface area contributed by atoms with E-state index in [-0.39, 0.29) is 12.5 Å². The highest BCUT2D eigenvalue weighted by Gasteiger charge is 2.23. The van der Waals surface area contributed by atoms with Gasteiger partial charge in [0.1, 0.15) is 13.2 Å². The Kier molecular flexibility index (Phi) is 64.2. The lowest BCUT2D eigenvalue weighted by Gasteiger charge is -2.29. The second-order valence-electron chi connectivity index (χ2n) is 26.3. The standard InChI is InChI=1S/C75H143N2O6P/c1-6-8-10-12-14-16-18-20-22-24-26-28-30-32-33-34-35-36-37-38-39-40-41-42-43-45-47-49-51-53-55-57-59-61-63-65-67-69-75(79)76-73(72-83-84(80,81)82-71-70-77(3,4)5)74(78)68-66-64-62-60-58-56-54-52-50-48-46-44-31-29-27-25-23-21-19-17-15-13-11-9-7-2/h18,20,24,26,30,32,58,60,66,68,73-74,78H,6-17,19,21-23,25,27-29,31,33-57,59,61-65,67,69-72H2,1-5H3,(H-,76,79,80,81)/b20-18-,26-24-,32-30-,60-58+,68-66+. The molecule has 0 heterocycles. The number of likely N-dealkylation sites (N-methyl/N-ethyl adjacent to an activating group) is 1. The van der Waals surface area contributed by atoms with E-state index in [9.17, 15) is 19.4 Å². The summed E-state index contributed by atoms with van der Waals surface area (Å²) in [5.74, 6) is -0.201. The average Bonchev–Trinajstić information content (AvgIpc) is 3.56. The van der Waals surface area contributed by atoms with E-state index in [1.807, 2.05) is 27.2 Å². The predicted molar refractivity (Wildman–Crippen MR) is 367 cm³/mol. The van der Waals surface area contributed by atoms with Gasteiger partial charge in [0.25, 0.3) is 7.82 Å². The molecule has 1 amide bonds. The minimum absolute atomic E-state index is 0.00564. The molecule has 0 rings (SSSR count). The van der Waals surface area contributed by atoms with Gasteiger partial charge in [0, 0.05) is 6.42 Å². The van der Waals surface area contributed by atoms with Crippen molar-refractivity contribution in [3.05, 3.63) is 60.8 Å². The highest BCUT2D eigenvalue weighted by Crippen LogP contribution is 2.38. The maximum Gasteiger partial charge on any atom is 0.268 e. The molecule has 0 aromatic carbocycles. The Hall–Kier alpha value is -1.80. The van der Waals surface area contributed by atoms with Crippen LogP contribution in [0, 0.1) is 0 Å². The summed E-state index contributed by atoms with van der Waals surface area (Å²) in [6.07, 6.45) is 90.8. The summed E-state index contributed by atoms with van der Waals surface area (Å²) in [6, 6.07) is -0.905. The molecule has 9 heteroatoms. The second-order valence-corrected chi connectivity index (χ2v) is 27.7. The van der Waals surface area contributed by atoms with Gasteiger partial charge in [0.15, 0.2) is 0 Å². The molecule has 0 aliphatic carbocycles. The Labute approximate surface area is 523 Å². The van der Waals surface area contributed by atoms with Crippen LogP contribution in [0.3, 0.4) is 0 Å². The van der Waals surface area contributed by atoms with Crippen molar-refractivity contribution in [2.24, 2.45) is 0 Å². The Morgan fingerprint density at radius 1 is 0.417 bits per heavy atom. The number of phosphoric ester groups is 1. The largest absolute Gasteiger partial charge is 0.756 e. The Balaban J connectivity index is 4.01. The van der Waals surface area contributed by atoms with Crippen molar-refractivity contribution in [3.8, 4) is 0 Å². The molecule has 494 valence electrons. The maximum absolute atomic E-state index is 13.0. The van der Waals surface area contributed by atoms with Crippen LogP contribution in [0.15, 0.2) is 60.8 Å². The van der Waals surface area contributed by atoms with E-state index in [0.29, 0.717) is 17.4 Å². The number of hydrogen-bond donors (Lipinski definition) is 2. The first-order chi connectivity index (χ1) is 41.0. The molecule has 0 saturated heterocycles. The van der Waals surface area contributed by atoms with Crippen LogP contribution < -0.4 is 10.2 Å². The topological polar surface area (TPSA) is 108 Å². The number of nitrogens with one attached hydrogen (secondary N) is 1. The SMILES string of the molecule is CCCCCCC/C=C\C/C=C\C/C=C\CCCCCCCCCCCCCCCCCCCCCCCCC(=O)NC(COP(=O)([O-])OCC[N+](C)(C)C)C(O)/C=C/CC/C=C/CCCCCCCCCCCCCCCCCCCCC. The number of nitrogens with zero attached hydrogens (tertiary/aromatic N) is 1. The van der Waals surface area contributed by atoms with Crippen LogP contribution in [0.5, 0.6) is 0 Å². The summed E-state index contributed by atoms with van der Waals surface area (Å²) in [5.41, 5.74) is 0. The molecule has 84 heavy (non-hydrogen) atoms. The summed E-state index contributed by atoms with van der Waals surface area (Å²) >= 11 is 0. The van der Waals surface area contributed by atoms with E-state index < -0.39 is 26.6 Å². The first kappa shape index (κ1) is 82.2. The number of aliphatic hydroxyl groups is 1. The zero-order chi connectivity index (χ0) is 61.2. The summed E-state index contributed by atoms with van der Waals surface area (Å²) in [7, 11) is 1.26. The molecule has 0 aromatic heterocycles. The molecule has 0 saturated carbocycles. The number of carbonyl (C=O) groups is 1. The van der Waals surface area contributed by atoms with Crippen molar-refractivity contribution >= 4 is 13.7 Å². The van der Waals surface area contributed by atoms with Gasteiger partial charge >= 0.3 is 0 Å². The summed E-state index contributed by atoms with van der Waals surface area (Å²) < 4.78 is 23.5. The highest BCUT2D eigenvalue weighted by molar-refractivity contribution is 7.45. The van der Waals surface area contributed by atoms with E-state index in [0.717, 1.165) is 51.4 Å². The van der Waals surface area contributed by atoms with Gasteiger partial charge < -0.3 is 28.8 Å². The molecule has 0 radical (unpaired) electrons. The number of amides is 1. The lowest BCUT2D eigenvalue weighted by molar-refractivity contribution is -0.870. The molecule has 0 aliphatic heterocycles. The number of phosphoric acid groups is 1. The Morgan fingerprint density at radius 3 is 1.05 bits per heavy atom. The Morgan fingerprint density at radius 2 is 0.702 bits per heavy atom. The third kappa shape index (κ3) is 67.7. The number of hydrogen-bond acceptors (Lipinski definition) is 6. The van der Waals surface area contributed by atoms with Crippen LogP contribution in [0.4, 0.5) is 0 Å². The van der Waals surface area contributed by atoms with Crippen molar-refractivity contribution in [2.75, 3.05) is 40.9 Å². The van der Waals surface area contributed by atoms with Gasteiger partial charge in [-0.15, -0.1) is 0 Å². The molecule has 3 atom stereocenters. The molecule has 0 spiro atoms. The zero-order valence-electron chi connectivity index (χ0n) is 56.6. The van der Waals surface area contributed by atoms with Gasteiger partial charge in [0.2, 0.25) is 5.91 Å². The van der Waals surface area contributed by atoms with Crippen LogP contribution in [-0.2, 0) is 18.4 Å². The third-order valence-electron chi connectivity index (χ3n) is 16.7. The maximum atomic E-state index is 13.0. The third-order valence-corrected chi connectivity index (χ3v) is 17.7. The second kappa shape index (κ2) is 65.6. The van der Waals surface area contributed by atoms with Crippen LogP contribution in [0.2, 0.25) is 0 Å². The van der Waals surface area contributed by atoms with E-state index in [1.54, 1.807) is 6.08 Å². The lowest BCUT2D eigenvalue weighted by atomic mass is 10.0.